The Kier molecular flexibility index (Phi) is 3.78. The molecule has 0 unspecified atom stereocenters. The highest BCUT2D eigenvalue weighted by Gasteiger charge is 2.08. The molecule has 0 radical (unpaired) electrons. The summed E-state index contributed by atoms with van der Waals surface area (Å²) in [6.07, 6.45) is 1.34. The number of thiocarbonyl (C=S) groups is 1. The average Bonchev–Trinajstić information content (AvgIpc) is 2.19. The molecule has 84 valence electrons. The van der Waals surface area contributed by atoms with Crippen LogP contribution in [0.1, 0.15) is 15.9 Å². The largest absolute Gasteiger partial charge is 0.507 e. The van der Waals surface area contributed by atoms with E-state index in [1.54, 1.807) is 0 Å². The molecule has 1 aromatic carbocycles. The van der Waals surface area contributed by atoms with Crippen LogP contribution in [0.5, 0.6) is 5.75 Å². The summed E-state index contributed by atoms with van der Waals surface area (Å²) in [7, 11) is 0. The van der Waals surface area contributed by atoms with E-state index in [1.807, 2.05) is 0 Å². The number of carboxylic acids is 1. The highest BCUT2D eigenvalue weighted by atomic mass is 32.1. The van der Waals surface area contributed by atoms with E-state index in [9.17, 15) is 9.90 Å². The number of carboxylic acid groups (broad SMARTS) is 1. The number of carbonyl (C=O) groups is 1. The van der Waals surface area contributed by atoms with Crippen LogP contribution in [-0.2, 0) is 0 Å². The van der Waals surface area contributed by atoms with E-state index in [2.05, 4.69) is 22.7 Å². The van der Waals surface area contributed by atoms with Crippen molar-refractivity contribution >= 4 is 29.5 Å². The summed E-state index contributed by atoms with van der Waals surface area (Å²) in [6.45, 7) is 0. The minimum Gasteiger partial charge on any atom is -0.507 e. The molecule has 0 saturated carbocycles. The number of benzene rings is 1. The first-order chi connectivity index (χ1) is 7.50. The number of hydrogen-bond donors (Lipinski definition) is 4. The van der Waals surface area contributed by atoms with Gasteiger partial charge in [-0.1, -0.05) is 0 Å². The van der Waals surface area contributed by atoms with Crippen molar-refractivity contribution in [2.45, 2.75) is 0 Å². The van der Waals surface area contributed by atoms with Gasteiger partial charge in [0.2, 0.25) is 0 Å². The Labute approximate surface area is 96.4 Å². The molecule has 0 spiro atoms. The summed E-state index contributed by atoms with van der Waals surface area (Å²) in [5.74, 6) is -1.51. The van der Waals surface area contributed by atoms with Gasteiger partial charge < -0.3 is 15.9 Å². The molecule has 6 nitrogen and oxygen atoms in total. The summed E-state index contributed by atoms with van der Waals surface area (Å²) >= 11 is 4.52. The maximum Gasteiger partial charge on any atom is 0.339 e. The van der Waals surface area contributed by atoms with Crippen LogP contribution in [0.4, 0.5) is 0 Å². The number of nitrogens with one attached hydrogen (secondary N) is 1. The van der Waals surface area contributed by atoms with Crippen molar-refractivity contribution in [1.82, 2.24) is 5.43 Å². The number of nitrogens with zero attached hydrogens (tertiary/aromatic N) is 1. The molecule has 5 N–H and O–H groups in total. The number of rotatable bonds is 3. The van der Waals surface area contributed by atoms with E-state index >= 15 is 0 Å². The molecular formula is C9H9N3O3S. The summed E-state index contributed by atoms with van der Waals surface area (Å²) < 4.78 is 0. The fraction of sp³-hybridized carbons (Fsp3) is 0. The highest BCUT2D eigenvalue weighted by Crippen LogP contribution is 2.17. The number of phenols is 1. The normalized spacial score (nSPS) is 10.2. The number of hydrogen-bond acceptors (Lipinski definition) is 4. The van der Waals surface area contributed by atoms with Crippen molar-refractivity contribution in [3.05, 3.63) is 29.3 Å². The van der Waals surface area contributed by atoms with Gasteiger partial charge in [-0.05, 0) is 36.0 Å². The molecule has 0 fully saturated rings. The predicted molar refractivity (Wildman–Crippen MR) is 62.6 cm³/mol. The molecule has 0 aliphatic heterocycles. The standard InChI is InChI=1S/C9H9N3O3S/c10-9(16)12-11-4-5-1-2-7(13)6(3-5)8(14)15/h1-4,13H,(H,14,15)(H3,10,12,16). The van der Waals surface area contributed by atoms with Crippen LogP contribution in [0.15, 0.2) is 23.3 Å². The molecule has 0 heterocycles. The maximum absolute atomic E-state index is 10.7. The first-order valence-corrected chi connectivity index (χ1v) is 4.56. The van der Waals surface area contributed by atoms with Gasteiger partial charge in [0.15, 0.2) is 5.11 Å². The van der Waals surface area contributed by atoms with Gasteiger partial charge >= 0.3 is 5.97 Å². The van der Waals surface area contributed by atoms with Crippen molar-refractivity contribution in [1.29, 1.82) is 0 Å². The van der Waals surface area contributed by atoms with Crippen LogP contribution in [-0.4, -0.2) is 27.5 Å². The second-order valence-electron chi connectivity index (χ2n) is 2.82. The molecule has 1 rings (SSSR count). The minimum absolute atomic E-state index is 0.00786. The van der Waals surface area contributed by atoms with Crippen molar-refractivity contribution in [3.8, 4) is 5.75 Å². The quantitative estimate of drug-likeness (QED) is 0.342. The van der Waals surface area contributed by atoms with Gasteiger partial charge in [0.05, 0.1) is 6.21 Å². The number of aromatic carboxylic acids is 1. The van der Waals surface area contributed by atoms with Gasteiger partial charge in [-0.15, -0.1) is 0 Å². The van der Waals surface area contributed by atoms with Crippen molar-refractivity contribution in [3.63, 3.8) is 0 Å². The van der Waals surface area contributed by atoms with Crippen LogP contribution >= 0.6 is 12.2 Å². The van der Waals surface area contributed by atoms with Crippen molar-refractivity contribution < 1.29 is 15.0 Å². The lowest BCUT2D eigenvalue weighted by Crippen LogP contribution is -2.24. The zero-order valence-corrected chi connectivity index (χ0v) is 8.86. The first-order valence-electron chi connectivity index (χ1n) is 4.15. The number of nitrogens with two attached hydrogens (primary N) is 1. The lowest BCUT2D eigenvalue weighted by atomic mass is 10.1. The molecule has 0 aliphatic carbocycles. The Morgan fingerprint density at radius 2 is 2.25 bits per heavy atom. The third-order valence-corrected chi connectivity index (χ3v) is 1.73. The topological polar surface area (TPSA) is 108 Å². The summed E-state index contributed by atoms with van der Waals surface area (Å²) in [6, 6.07) is 4.06. The first kappa shape index (κ1) is 11.9. The van der Waals surface area contributed by atoms with E-state index in [-0.39, 0.29) is 16.4 Å². The molecule has 1 aromatic rings. The van der Waals surface area contributed by atoms with Crippen LogP contribution in [0.3, 0.4) is 0 Å². The van der Waals surface area contributed by atoms with Crippen molar-refractivity contribution in [2.75, 3.05) is 0 Å². The van der Waals surface area contributed by atoms with Gasteiger partial charge in [-0.25, -0.2) is 4.79 Å². The smallest absolute Gasteiger partial charge is 0.339 e. The van der Waals surface area contributed by atoms with E-state index in [0.29, 0.717) is 5.56 Å². The lowest BCUT2D eigenvalue weighted by molar-refractivity contribution is 0.0693. The number of hydrazone groups is 1. The summed E-state index contributed by atoms with van der Waals surface area (Å²) in [5.41, 5.74) is 7.76. The Hall–Kier alpha value is -2.15. The summed E-state index contributed by atoms with van der Waals surface area (Å²) in [5, 5.41) is 21.6. The van der Waals surface area contributed by atoms with Crippen LogP contribution in [0, 0.1) is 0 Å². The molecule has 7 heteroatoms. The molecule has 0 aromatic heterocycles. The van der Waals surface area contributed by atoms with E-state index in [4.69, 9.17) is 10.8 Å². The Morgan fingerprint density at radius 1 is 1.56 bits per heavy atom. The van der Waals surface area contributed by atoms with Gasteiger partial charge in [-0.2, -0.15) is 5.10 Å². The predicted octanol–water partition coefficient (Wildman–Crippen LogP) is 0.258. The Morgan fingerprint density at radius 3 is 2.81 bits per heavy atom. The minimum atomic E-state index is -1.21. The number of aromatic hydroxyl groups is 1. The second-order valence-corrected chi connectivity index (χ2v) is 3.26. The van der Waals surface area contributed by atoms with Gasteiger partial charge in [0.1, 0.15) is 11.3 Å². The molecule has 0 amide bonds. The van der Waals surface area contributed by atoms with Gasteiger partial charge in [0, 0.05) is 0 Å². The molecular weight excluding hydrogens is 230 g/mol. The highest BCUT2D eigenvalue weighted by molar-refractivity contribution is 7.80. The van der Waals surface area contributed by atoms with Crippen LogP contribution in [0.25, 0.3) is 0 Å². The third kappa shape index (κ3) is 3.21. The zero-order chi connectivity index (χ0) is 12.1. The van der Waals surface area contributed by atoms with E-state index < -0.39 is 5.97 Å². The lowest BCUT2D eigenvalue weighted by Gasteiger charge is -2.00. The summed E-state index contributed by atoms with van der Waals surface area (Å²) in [4.78, 5) is 10.7. The second kappa shape index (κ2) is 5.08. The van der Waals surface area contributed by atoms with E-state index in [1.165, 1.54) is 24.4 Å². The molecule has 0 aliphatic rings. The molecule has 0 bridgehead atoms. The maximum atomic E-state index is 10.7. The SMILES string of the molecule is NC(=S)NN=Cc1ccc(O)c(C(=O)O)c1. The van der Waals surface area contributed by atoms with Crippen LogP contribution in [0.2, 0.25) is 0 Å². The van der Waals surface area contributed by atoms with Crippen LogP contribution < -0.4 is 11.2 Å². The van der Waals surface area contributed by atoms with Gasteiger partial charge in [-0.3, -0.25) is 5.43 Å². The molecule has 16 heavy (non-hydrogen) atoms. The fourth-order valence-corrected chi connectivity index (χ4v) is 1.03. The Bertz CT molecular complexity index is 459. The average molecular weight is 239 g/mol. The monoisotopic (exact) mass is 239 g/mol. The Balaban J connectivity index is 2.91. The third-order valence-electron chi connectivity index (χ3n) is 1.64. The fourth-order valence-electron chi connectivity index (χ4n) is 0.976. The van der Waals surface area contributed by atoms with E-state index in [0.717, 1.165) is 0 Å². The molecule has 0 saturated heterocycles. The molecule has 0 atom stereocenters. The van der Waals surface area contributed by atoms with Crippen molar-refractivity contribution in [2.24, 2.45) is 10.8 Å². The zero-order valence-electron chi connectivity index (χ0n) is 8.04. The van der Waals surface area contributed by atoms with Gasteiger partial charge in [0.25, 0.3) is 0 Å².